The summed E-state index contributed by atoms with van der Waals surface area (Å²) in [7, 11) is 0. The van der Waals surface area contributed by atoms with E-state index in [2.05, 4.69) is 73.2 Å². The Morgan fingerprint density at radius 3 is 2.20 bits per heavy atom. The fourth-order valence-corrected chi connectivity index (χ4v) is 8.03. The number of aromatic nitrogens is 10. The number of pyridine rings is 1. The molecular weight excluding hydrogens is 845 g/mol. The molecule has 8 heterocycles. The summed E-state index contributed by atoms with van der Waals surface area (Å²) in [4.78, 5) is 65.9. The molecular formula is C45H52N16O5. The lowest BCUT2D eigenvalue weighted by atomic mass is 9.97. The quantitative estimate of drug-likeness (QED) is 0.0848. The van der Waals surface area contributed by atoms with Crippen molar-refractivity contribution in [3.8, 4) is 11.3 Å². The number of amides is 2. The number of benzene rings is 1. The monoisotopic (exact) mass is 896 g/mol. The van der Waals surface area contributed by atoms with Gasteiger partial charge in [-0.1, -0.05) is 18.2 Å². The van der Waals surface area contributed by atoms with Crippen molar-refractivity contribution in [2.45, 2.75) is 32.5 Å². The van der Waals surface area contributed by atoms with Crippen molar-refractivity contribution in [1.82, 2.24) is 59.9 Å². The molecule has 6 aromatic heterocycles. The largest absolute Gasteiger partial charge is 0.383 e. The highest BCUT2D eigenvalue weighted by Crippen LogP contribution is 2.32. The third-order valence-electron chi connectivity index (χ3n) is 11.6. The number of ether oxygens (including phenoxy) is 3. The third kappa shape index (κ3) is 10.3. The number of H-pyrrole nitrogens is 1. The van der Waals surface area contributed by atoms with E-state index in [1.807, 2.05) is 27.9 Å². The molecule has 6 N–H and O–H groups in total. The van der Waals surface area contributed by atoms with Crippen LogP contribution >= 0.6 is 0 Å². The van der Waals surface area contributed by atoms with Gasteiger partial charge in [-0.15, -0.1) is 0 Å². The Balaban J connectivity index is 0.624. The molecule has 0 unspecified atom stereocenters. The Labute approximate surface area is 379 Å². The molecule has 7 aromatic rings. The van der Waals surface area contributed by atoms with Gasteiger partial charge in [-0.25, -0.2) is 39.6 Å². The molecule has 0 radical (unpaired) electrons. The second-order valence-electron chi connectivity index (χ2n) is 16.0. The number of hydrogen-bond donors (Lipinski definition) is 4. The summed E-state index contributed by atoms with van der Waals surface area (Å²) >= 11 is 0. The Morgan fingerprint density at radius 2 is 1.45 bits per heavy atom. The zero-order chi connectivity index (χ0) is 45.2. The van der Waals surface area contributed by atoms with Crippen molar-refractivity contribution in [2.75, 3.05) is 94.4 Å². The summed E-state index contributed by atoms with van der Waals surface area (Å²) < 4.78 is 18.8. The van der Waals surface area contributed by atoms with Gasteiger partial charge in [0, 0.05) is 106 Å². The van der Waals surface area contributed by atoms with E-state index in [4.69, 9.17) is 30.8 Å². The molecule has 9 rings (SSSR count). The average molecular weight is 897 g/mol. The first-order valence-corrected chi connectivity index (χ1v) is 22.0. The molecule has 1 saturated heterocycles. The van der Waals surface area contributed by atoms with E-state index >= 15 is 0 Å². The molecule has 2 aliphatic heterocycles. The second kappa shape index (κ2) is 20.7. The van der Waals surface area contributed by atoms with Crippen LogP contribution in [0.5, 0.6) is 0 Å². The van der Waals surface area contributed by atoms with E-state index in [9.17, 15) is 9.59 Å². The number of aromatic amines is 1. The minimum atomic E-state index is -0.270. The van der Waals surface area contributed by atoms with Gasteiger partial charge in [0.1, 0.15) is 23.5 Å². The average Bonchev–Trinajstić information content (AvgIpc) is 3.99. The van der Waals surface area contributed by atoms with Crippen molar-refractivity contribution >= 4 is 51.6 Å². The fraction of sp³-hybridized carbons (Fsp3) is 0.378. The molecule has 0 saturated carbocycles. The first kappa shape index (κ1) is 44.0. The zero-order valence-corrected chi connectivity index (χ0v) is 36.5. The Hall–Kier alpha value is -7.20. The van der Waals surface area contributed by atoms with E-state index in [1.165, 1.54) is 24.3 Å². The van der Waals surface area contributed by atoms with Crippen LogP contribution in [-0.2, 0) is 45.1 Å². The van der Waals surface area contributed by atoms with E-state index in [1.54, 1.807) is 18.6 Å². The number of carbonyl (C=O) groups excluding carboxylic acids is 2. The summed E-state index contributed by atoms with van der Waals surface area (Å²) in [6, 6.07) is 10.4. The van der Waals surface area contributed by atoms with Crippen molar-refractivity contribution in [3.63, 3.8) is 0 Å². The maximum absolute atomic E-state index is 13.1. The summed E-state index contributed by atoms with van der Waals surface area (Å²) in [5.41, 5.74) is 19.7. The molecule has 1 aromatic carbocycles. The van der Waals surface area contributed by atoms with Crippen LogP contribution in [0.15, 0.2) is 73.8 Å². The Morgan fingerprint density at radius 1 is 0.742 bits per heavy atom. The second-order valence-corrected chi connectivity index (χ2v) is 16.0. The number of fused-ring (bicyclic) bond motifs is 3. The number of hydrogen-bond acceptors (Lipinski definition) is 17. The van der Waals surface area contributed by atoms with Gasteiger partial charge in [-0.2, -0.15) is 5.10 Å². The van der Waals surface area contributed by atoms with Gasteiger partial charge >= 0.3 is 0 Å². The van der Waals surface area contributed by atoms with Crippen LogP contribution in [0.4, 0.5) is 17.7 Å². The minimum Gasteiger partial charge on any atom is -0.383 e. The highest BCUT2D eigenvalue weighted by molar-refractivity contribution is 5.99. The highest BCUT2D eigenvalue weighted by atomic mass is 16.5. The van der Waals surface area contributed by atoms with Crippen molar-refractivity contribution in [1.29, 1.82) is 0 Å². The van der Waals surface area contributed by atoms with E-state index < -0.39 is 0 Å². The maximum atomic E-state index is 13.1. The van der Waals surface area contributed by atoms with Crippen molar-refractivity contribution < 1.29 is 23.8 Å². The van der Waals surface area contributed by atoms with E-state index in [0.717, 1.165) is 52.8 Å². The fourth-order valence-electron chi connectivity index (χ4n) is 8.03. The number of piperazine rings is 1. The molecule has 2 aliphatic rings. The van der Waals surface area contributed by atoms with E-state index in [0.29, 0.717) is 132 Å². The lowest BCUT2D eigenvalue weighted by Gasteiger charge is -2.34. The maximum Gasteiger partial charge on any atom is 0.254 e. The summed E-state index contributed by atoms with van der Waals surface area (Å²) in [6.45, 7) is 7.46. The number of anilines is 3. The summed E-state index contributed by atoms with van der Waals surface area (Å²) in [6.07, 6.45) is 12.7. The van der Waals surface area contributed by atoms with Crippen LogP contribution < -0.4 is 26.6 Å². The van der Waals surface area contributed by atoms with Gasteiger partial charge < -0.3 is 50.7 Å². The van der Waals surface area contributed by atoms with Gasteiger partial charge in [0.25, 0.3) is 5.91 Å². The topological polar surface area (TPSA) is 259 Å². The zero-order valence-electron chi connectivity index (χ0n) is 36.5. The van der Waals surface area contributed by atoms with Gasteiger partial charge in [0.15, 0.2) is 5.65 Å². The van der Waals surface area contributed by atoms with Crippen LogP contribution in [-0.4, -0.2) is 145 Å². The third-order valence-corrected chi connectivity index (χ3v) is 11.6. The predicted molar refractivity (Wildman–Crippen MR) is 245 cm³/mol. The minimum absolute atomic E-state index is 0.0584. The molecule has 0 bridgehead atoms. The highest BCUT2D eigenvalue weighted by Gasteiger charge is 2.24. The smallest absolute Gasteiger partial charge is 0.254 e. The standard InChI is InChI=1S/C45H52N16O5/c46-21-31-22-51-44(52-23-31)58-9-11-59(12-10-58)45-53-25-36(26-54-45)43(63)49-7-14-65-16-18-66-17-15-64-13-5-37(62)60-8-4-32-19-30(1-2-34(32)28-60)27-61-42-38(40(47)55-29-56-42)39(57-61)35-20-33-3-6-48-41(33)50-24-35/h1-3,6,19-20,22-26,29H,4-5,7-18,21,27-28,46H2,(H,48,50)(H,49,63)(H2,47,55,56). The molecule has 0 aliphatic carbocycles. The summed E-state index contributed by atoms with van der Waals surface area (Å²) in [5, 5.41) is 9.44. The number of nitrogens with two attached hydrogens (primary N) is 2. The normalized spacial score (nSPS) is 14.0. The number of nitrogens with zero attached hydrogens (tertiary/aromatic N) is 12. The SMILES string of the molecule is NCc1cnc(N2CCN(c3ncc(C(=O)NCCOCCOCCOCCC(=O)N4CCc5cc(Cn6nc(-c7cnc8[nH]ccc8c7)c7c(N)ncnc76)ccc5C4)cn3)CC2)nc1. The van der Waals surface area contributed by atoms with Gasteiger partial charge in [-0.05, 0) is 35.2 Å². The molecule has 1 fully saturated rings. The molecule has 0 spiro atoms. The van der Waals surface area contributed by atoms with Crippen LogP contribution in [0, 0.1) is 0 Å². The van der Waals surface area contributed by atoms with Crippen LogP contribution in [0.2, 0.25) is 0 Å². The van der Waals surface area contributed by atoms with Gasteiger partial charge in [-0.3, -0.25) is 9.59 Å². The lowest BCUT2D eigenvalue weighted by Crippen LogP contribution is -2.47. The Bertz CT molecular complexity index is 2760. The number of nitrogens with one attached hydrogen (secondary N) is 2. The molecule has 66 heavy (non-hydrogen) atoms. The van der Waals surface area contributed by atoms with Crippen molar-refractivity contribution in [3.05, 3.63) is 102 Å². The lowest BCUT2D eigenvalue weighted by molar-refractivity contribution is -0.133. The number of carbonyl (C=O) groups is 2. The van der Waals surface area contributed by atoms with Gasteiger partial charge in [0.05, 0.1) is 63.6 Å². The molecule has 21 nitrogen and oxygen atoms in total. The number of nitrogen functional groups attached to an aromatic ring is 1. The first-order chi connectivity index (χ1) is 32.4. The predicted octanol–water partition coefficient (Wildman–Crippen LogP) is 2.12. The molecule has 0 atom stereocenters. The molecule has 2 amide bonds. The number of rotatable bonds is 19. The molecule has 21 heteroatoms. The van der Waals surface area contributed by atoms with Gasteiger partial charge in [0.2, 0.25) is 17.8 Å². The van der Waals surface area contributed by atoms with E-state index in [-0.39, 0.29) is 11.8 Å². The van der Waals surface area contributed by atoms with Crippen LogP contribution in [0.25, 0.3) is 33.3 Å². The van der Waals surface area contributed by atoms with Crippen LogP contribution in [0.3, 0.4) is 0 Å². The summed E-state index contributed by atoms with van der Waals surface area (Å²) in [5.74, 6) is 1.41. The first-order valence-electron chi connectivity index (χ1n) is 22.0. The van der Waals surface area contributed by atoms with Crippen molar-refractivity contribution in [2.24, 2.45) is 5.73 Å². The van der Waals surface area contributed by atoms with Crippen LogP contribution in [0.1, 0.15) is 39.0 Å². The molecule has 342 valence electrons. The Kier molecular flexibility index (Phi) is 13.8.